The molecule has 0 saturated carbocycles. The predicted octanol–water partition coefficient (Wildman–Crippen LogP) is 0.876. The molecule has 0 aliphatic heterocycles. The number of hydrogen-bond donors (Lipinski definition) is 2. The van der Waals surface area contributed by atoms with Crippen molar-refractivity contribution in [2.75, 3.05) is 13.2 Å². The van der Waals surface area contributed by atoms with Crippen molar-refractivity contribution >= 4 is 5.91 Å². The maximum absolute atomic E-state index is 11.2. The molecule has 0 bridgehead atoms. The van der Waals surface area contributed by atoms with Crippen LogP contribution in [0.15, 0.2) is 18.3 Å². The number of carbonyl (C=O) groups is 1. The second-order valence-corrected chi connectivity index (χ2v) is 4.22. The van der Waals surface area contributed by atoms with Crippen molar-refractivity contribution in [3.63, 3.8) is 0 Å². The fourth-order valence-electron chi connectivity index (χ4n) is 1.49. The van der Waals surface area contributed by atoms with Gasteiger partial charge in [-0.1, -0.05) is 0 Å². The Bertz CT molecular complexity index is 363. The standard InChI is InChI=1S/C13H21N3O2/c1-3-15-13(17)6-7-18-12-5-4-11(16-9-12)8-10(2)14/h4-5,9-10H,3,6-8,14H2,1-2H3,(H,15,17). The largest absolute Gasteiger partial charge is 0.491 e. The highest BCUT2D eigenvalue weighted by Crippen LogP contribution is 2.10. The zero-order valence-corrected chi connectivity index (χ0v) is 11.0. The molecule has 100 valence electrons. The van der Waals surface area contributed by atoms with Crippen molar-refractivity contribution in [2.24, 2.45) is 5.73 Å². The Morgan fingerprint density at radius 2 is 2.33 bits per heavy atom. The molecule has 0 spiro atoms. The van der Waals surface area contributed by atoms with Crippen LogP contribution in [0.25, 0.3) is 0 Å². The number of ether oxygens (including phenoxy) is 1. The van der Waals surface area contributed by atoms with E-state index in [1.807, 2.05) is 26.0 Å². The fraction of sp³-hybridized carbons (Fsp3) is 0.538. The third kappa shape index (κ3) is 5.63. The first-order chi connectivity index (χ1) is 8.61. The van der Waals surface area contributed by atoms with Gasteiger partial charge in [0, 0.05) is 24.7 Å². The van der Waals surface area contributed by atoms with Crippen LogP contribution in [0.2, 0.25) is 0 Å². The van der Waals surface area contributed by atoms with E-state index in [4.69, 9.17) is 10.5 Å². The number of nitrogens with two attached hydrogens (primary N) is 1. The van der Waals surface area contributed by atoms with Crippen LogP contribution in [0.3, 0.4) is 0 Å². The van der Waals surface area contributed by atoms with E-state index < -0.39 is 0 Å². The van der Waals surface area contributed by atoms with Crippen LogP contribution in [0.1, 0.15) is 26.0 Å². The van der Waals surface area contributed by atoms with Crippen LogP contribution in [0.4, 0.5) is 0 Å². The molecule has 1 heterocycles. The Morgan fingerprint density at radius 1 is 1.56 bits per heavy atom. The lowest BCUT2D eigenvalue weighted by Crippen LogP contribution is -2.24. The Hall–Kier alpha value is -1.62. The maximum Gasteiger partial charge on any atom is 0.223 e. The van der Waals surface area contributed by atoms with Gasteiger partial charge in [-0.3, -0.25) is 9.78 Å². The van der Waals surface area contributed by atoms with Gasteiger partial charge < -0.3 is 15.8 Å². The van der Waals surface area contributed by atoms with E-state index in [1.165, 1.54) is 0 Å². The monoisotopic (exact) mass is 251 g/mol. The summed E-state index contributed by atoms with van der Waals surface area (Å²) in [5.41, 5.74) is 6.63. The third-order valence-corrected chi connectivity index (χ3v) is 2.30. The normalized spacial score (nSPS) is 11.9. The first kappa shape index (κ1) is 14.4. The minimum absolute atomic E-state index is 0.000893. The van der Waals surface area contributed by atoms with Gasteiger partial charge in [0.05, 0.1) is 19.2 Å². The van der Waals surface area contributed by atoms with Gasteiger partial charge in [0.15, 0.2) is 0 Å². The molecule has 5 nitrogen and oxygen atoms in total. The number of aromatic nitrogens is 1. The van der Waals surface area contributed by atoms with Crippen LogP contribution in [-0.2, 0) is 11.2 Å². The highest BCUT2D eigenvalue weighted by atomic mass is 16.5. The number of amides is 1. The Kier molecular flexibility index (Phi) is 6.14. The molecular formula is C13H21N3O2. The number of pyridine rings is 1. The van der Waals surface area contributed by atoms with Crippen molar-refractivity contribution < 1.29 is 9.53 Å². The molecule has 3 N–H and O–H groups in total. The summed E-state index contributed by atoms with van der Waals surface area (Å²) in [4.78, 5) is 15.4. The molecule has 1 rings (SSSR count). The highest BCUT2D eigenvalue weighted by Gasteiger charge is 2.02. The van der Waals surface area contributed by atoms with E-state index in [0.717, 1.165) is 12.1 Å². The molecule has 0 fully saturated rings. The van der Waals surface area contributed by atoms with Gasteiger partial charge in [0.1, 0.15) is 5.75 Å². The van der Waals surface area contributed by atoms with E-state index in [1.54, 1.807) is 6.20 Å². The zero-order valence-electron chi connectivity index (χ0n) is 11.0. The summed E-state index contributed by atoms with van der Waals surface area (Å²) in [7, 11) is 0. The summed E-state index contributed by atoms with van der Waals surface area (Å²) < 4.78 is 5.43. The molecule has 0 aliphatic carbocycles. The topological polar surface area (TPSA) is 77.2 Å². The van der Waals surface area contributed by atoms with E-state index in [-0.39, 0.29) is 11.9 Å². The molecular weight excluding hydrogens is 230 g/mol. The smallest absolute Gasteiger partial charge is 0.223 e. The second kappa shape index (κ2) is 7.66. The first-order valence-corrected chi connectivity index (χ1v) is 6.21. The fourth-order valence-corrected chi connectivity index (χ4v) is 1.49. The van der Waals surface area contributed by atoms with E-state index in [0.29, 0.717) is 25.3 Å². The van der Waals surface area contributed by atoms with Crippen LogP contribution >= 0.6 is 0 Å². The highest BCUT2D eigenvalue weighted by molar-refractivity contribution is 5.75. The van der Waals surface area contributed by atoms with Crippen molar-refractivity contribution in [1.82, 2.24) is 10.3 Å². The maximum atomic E-state index is 11.2. The minimum atomic E-state index is -0.000893. The average Bonchev–Trinajstić information content (AvgIpc) is 2.31. The summed E-state index contributed by atoms with van der Waals surface area (Å²) in [5.74, 6) is 0.673. The minimum Gasteiger partial charge on any atom is -0.491 e. The average molecular weight is 251 g/mol. The van der Waals surface area contributed by atoms with Gasteiger partial charge in [0.25, 0.3) is 0 Å². The lowest BCUT2D eigenvalue weighted by Gasteiger charge is -2.07. The van der Waals surface area contributed by atoms with Crippen molar-refractivity contribution in [2.45, 2.75) is 32.7 Å². The quantitative estimate of drug-likeness (QED) is 0.754. The Labute approximate surface area is 108 Å². The van der Waals surface area contributed by atoms with E-state index in [9.17, 15) is 4.79 Å². The summed E-state index contributed by atoms with van der Waals surface area (Å²) in [6.07, 6.45) is 2.77. The summed E-state index contributed by atoms with van der Waals surface area (Å²) in [5, 5.41) is 2.71. The number of carbonyl (C=O) groups excluding carboxylic acids is 1. The number of nitrogens with zero attached hydrogens (tertiary/aromatic N) is 1. The van der Waals surface area contributed by atoms with Gasteiger partial charge in [0.2, 0.25) is 5.91 Å². The van der Waals surface area contributed by atoms with Crippen molar-refractivity contribution in [1.29, 1.82) is 0 Å². The number of hydrogen-bond acceptors (Lipinski definition) is 4. The molecule has 5 heteroatoms. The molecule has 0 saturated heterocycles. The molecule has 1 atom stereocenters. The van der Waals surface area contributed by atoms with Crippen LogP contribution in [0.5, 0.6) is 5.75 Å². The third-order valence-electron chi connectivity index (χ3n) is 2.30. The Morgan fingerprint density at radius 3 is 2.89 bits per heavy atom. The first-order valence-electron chi connectivity index (χ1n) is 6.21. The molecule has 0 aliphatic rings. The van der Waals surface area contributed by atoms with Gasteiger partial charge in [-0.2, -0.15) is 0 Å². The van der Waals surface area contributed by atoms with Crippen LogP contribution in [-0.4, -0.2) is 30.1 Å². The molecule has 1 unspecified atom stereocenters. The number of nitrogens with one attached hydrogen (secondary N) is 1. The van der Waals surface area contributed by atoms with Gasteiger partial charge in [-0.05, 0) is 26.0 Å². The van der Waals surface area contributed by atoms with Crippen LogP contribution < -0.4 is 15.8 Å². The molecule has 1 amide bonds. The lowest BCUT2D eigenvalue weighted by atomic mass is 10.2. The van der Waals surface area contributed by atoms with Crippen molar-refractivity contribution in [3.05, 3.63) is 24.0 Å². The van der Waals surface area contributed by atoms with Gasteiger partial charge in [-0.25, -0.2) is 0 Å². The molecule has 1 aromatic rings. The molecule has 18 heavy (non-hydrogen) atoms. The molecule has 0 radical (unpaired) electrons. The Balaban J connectivity index is 2.33. The van der Waals surface area contributed by atoms with Gasteiger partial charge >= 0.3 is 0 Å². The lowest BCUT2D eigenvalue weighted by molar-refractivity contribution is -0.121. The van der Waals surface area contributed by atoms with Gasteiger partial charge in [-0.15, -0.1) is 0 Å². The van der Waals surface area contributed by atoms with Crippen LogP contribution in [0, 0.1) is 0 Å². The molecule has 1 aromatic heterocycles. The second-order valence-electron chi connectivity index (χ2n) is 4.22. The van der Waals surface area contributed by atoms with E-state index >= 15 is 0 Å². The summed E-state index contributed by atoms with van der Waals surface area (Å²) >= 11 is 0. The summed E-state index contributed by atoms with van der Waals surface area (Å²) in [6.45, 7) is 4.84. The zero-order chi connectivity index (χ0) is 13.4. The summed E-state index contributed by atoms with van der Waals surface area (Å²) in [6, 6.07) is 3.84. The molecule has 0 aromatic carbocycles. The van der Waals surface area contributed by atoms with Crippen molar-refractivity contribution in [3.8, 4) is 5.75 Å². The SMILES string of the molecule is CCNC(=O)CCOc1ccc(CC(C)N)nc1. The van der Waals surface area contributed by atoms with E-state index in [2.05, 4.69) is 10.3 Å². The predicted molar refractivity (Wildman–Crippen MR) is 70.4 cm³/mol. The number of rotatable bonds is 7.